The average molecular weight is 378 g/mol. The number of aromatic nitrogens is 5. The molecule has 3 aromatic heterocycles. The third kappa shape index (κ3) is 3.54. The van der Waals surface area contributed by atoms with E-state index in [9.17, 15) is 4.79 Å². The molecule has 0 saturated carbocycles. The fraction of sp³-hybridized carbons (Fsp3) is 0.211. The molecule has 3 heterocycles. The molecule has 4 aromatic rings. The smallest absolute Gasteiger partial charge is 0.354 e. The highest BCUT2D eigenvalue weighted by Crippen LogP contribution is 2.24. The zero-order chi connectivity index (χ0) is 19.5. The summed E-state index contributed by atoms with van der Waals surface area (Å²) in [6.07, 6.45) is 1.98. The molecular weight excluding hydrogens is 360 g/mol. The fourth-order valence-corrected chi connectivity index (χ4v) is 2.83. The number of benzene rings is 1. The van der Waals surface area contributed by atoms with Gasteiger partial charge in [-0.25, -0.2) is 14.8 Å². The van der Waals surface area contributed by atoms with E-state index in [0.29, 0.717) is 40.7 Å². The largest absolute Gasteiger partial charge is 0.464 e. The van der Waals surface area contributed by atoms with Crippen molar-refractivity contribution in [2.75, 3.05) is 12.4 Å². The van der Waals surface area contributed by atoms with Crippen LogP contribution in [0, 0.1) is 0 Å². The van der Waals surface area contributed by atoms with E-state index in [1.807, 2.05) is 37.3 Å². The Hall–Kier alpha value is -3.75. The predicted molar refractivity (Wildman–Crippen MR) is 101 cm³/mol. The first kappa shape index (κ1) is 17.7. The molecule has 2 N–H and O–H groups in total. The molecule has 142 valence electrons. The first-order valence-electron chi connectivity index (χ1n) is 8.69. The Morgan fingerprint density at radius 1 is 1.29 bits per heavy atom. The van der Waals surface area contributed by atoms with Gasteiger partial charge in [0.05, 0.1) is 25.0 Å². The van der Waals surface area contributed by atoms with E-state index in [-0.39, 0.29) is 6.04 Å². The molecule has 4 rings (SSSR count). The lowest BCUT2D eigenvalue weighted by Crippen LogP contribution is -2.10. The van der Waals surface area contributed by atoms with Crippen molar-refractivity contribution in [1.29, 1.82) is 0 Å². The molecule has 1 unspecified atom stereocenters. The van der Waals surface area contributed by atoms with Crippen molar-refractivity contribution in [3.63, 3.8) is 0 Å². The van der Waals surface area contributed by atoms with Crippen molar-refractivity contribution < 1.29 is 14.1 Å². The number of hydrogen-bond donors (Lipinski definition) is 2. The maximum Gasteiger partial charge on any atom is 0.354 e. The fourth-order valence-electron chi connectivity index (χ4n) is 2.83. The molecule has 0 aliphatic heterocycles. The third-order valence-corrected chi connectivity index (χ3v) is 4.25. The summed E-state index contributed by atoms with van der Waals surface area (Å²) in [5.41, 5.74) is 1.93. The van der Waals surface area contributed by atoms with Gasteiger partial charge in [-0.3, -0.25) is 0 Å². The number of esters is 1. The minimum absolute atomic E-state index is 0.261. The molecular formula is C19H18N6O3. The van der Waals surface area contributed by atoms with Crippen LogP contribution in [0.15, 0.2) is 47.2 Å². The molecule has 0 spiro atoms. The number of hydrogen-bond acceptors (Lipinski definition) is 8. The molecule has 1 aromatic carbocycles. The van der Waals surface area contributed by atoms with Crippen molar-refractivity contribution in [3.05, 3.63) is 65.7 Å². The second kappa shape index (κ2) is 7.47. The van der Waals surface area contributed by atoms with E-state index in [2.05, 4.69) is 30.4 Å². The lowest BCUT2D eigenvalue weighted by Gasteiger charge is -2.10. The van der Waals surface area contributed by atoms with Gasteiger partial charge in [0.1, 0.15) is 23.5 Å². The number of carbonyl (C=O) groups excluding carboxylic acids is 1. The molecule has 0 aliphatic carbocycles. The molecule has 28 heavy (non-hydrogen) atoms. The summed E-state index contributed by atoms with van der Waals surface area (Å²) >= 11 is 0. The van der Waals surface area contributed by atoms with E-state index in [0.717, 1.165) is 5.56 Å². The monoisotopic (exact) mass is 378 g/mol. The Bertz CT molecular complexity index is 1110. The Labute approximate surface area is 160 Å². The third-order valence-electron chi connectivity index (χ3n) is 4.25. The Morgan fingerprint density at radius 3 is 2.89 bits per heavy atom. The van der Waals surface area contributed by atoms with Crippen LogP contribution in [0.25, 0.3) is 11.0 Å². The van der Waals surface area contributed by atoms with Gasteiger partial charge in [0, 0.05) is 0 Å². The van der Waals surface area contributed by atoms with Gasteiger partial charge in [0.15, 0.2) is 5.82 Å². The number of nitrogens with one attached hydrogen (secondary N) is 2. The summed E-state index contributed by atoms with van der Waals surface area (Å²) in [5.74, 6) is 1.14. The van der Waals surface area contributed by atoms with Crippen molar-refractivity contribution in [2.24, 2.45) is 0 Å². The number of fused-ring (bicyclic) bond motifs is 1. The van der Waals surface area contributed by atoms with Gasteiger partial charge in [-0.15, -0.1) is 0 Å². The SMILES string of the molecule is COC(=O)c1cc2c(NC(C)c3noc(Cc4ccccc4)n3)ncnc2[nH]1. The number of nitrogens with zero attached hydrogens (tertiary/aromatic N) is 4. The van der Waals surface area contributed by atoms with Crippen LogP contribution in [0.4, 0.5) is 5.82 Å². The maximum absolute atomic E-state index is 11.7. The molecule has 9 nitrogen and oxygen atoms in total. The Morgan fingerprint density at radius 2 is 2.11 bits per heavy atom. The minimum Gasteiger partial charge on any atom is -0.464 e. The van der Waals surface area contributed by atoms with Gasteiger partial charge >= 0.3 is 5.97 Å². The number of H-pyrrole nitrogens is 1. The topological polar surface area (TPSA) is 119 Å². The summed E-state index contributed by atoms with van der Waals surface area (Å²) in [5, 5.41) is 7.97. The van der Waals surface area contributed by atoms with Gasteiger partial charge in [-0.2, -0.15) is 4.98 Å². The molecule has 0 radical (unpaired) electrons. The average Bonchev–Trinajstić information content (AvgIpc) is 3.36. The van der Waals surface area contributed by atoms with Gasteiger partial charge in [0.2, 0.25) is 5.89 Å². The van der Waals surface area contributed by atoms with Gasteiger partial charge in [-0.05, 0) is 18.6 Å². The van der Waals surface area contributed by atoms with Crippen LogP contribution in [-0.4, -0.2) is 38.2 Å². The number of ether oxygens (including phenoxy) is 1. The Balaban J connectivity index is 1.53. The summed E-state index contributed by atoms with van der Waals surface area (Å²) in [6.45, 7) is 1.90. The maximum atomic E-state index is 11.7. The molecule has 9 heteroatoms. The van der Waals surface area contributed by atoms with E-state index < -0.39 is 5.97 Å². The normalized spacial score (nSPS) is 12.1. The van der Waals surface area contributed by atoms with Crippen LogP contribution >= 0.6 is 0 Å². The van der Waals surface area contributed by atoms with Crippen molar-refractivity contribution >= 4 is 22.8 Å². The van der Waals surface area contributed by atoms with Crippen LogP contribution in [0.1, 0.15) is 40.7 Å². The van der Waals surface area contributed by atoms with Gasteiger partial charge < -0.3 is 19.6 Å². The van der Waals surface area contributed by atoms with Crippen molar-refractivity contribution in [1.82, 2.24) is 25.1 Å². The summed E-state index contributed by atoms with van der Waals surface area (Å²) in [6, 6.07) is 11.3. The highest BCUT2D eigenvalue weighted by molar-refractivity contribution is 5.97. The lowest BCUT2D eigenvalue weighted by atomic mass is 10.1. The van der Waals surface area contributed by atoms with Crippen LogP contribution in [0.2, 0.25) is 0 Å². The summed E-state index contributed by atoms with van der Waals surface area (Å²) in [4.78, 5) is 27.5. The number of aromatic amines is 1. The van der Waals surface area contributed by atoms with Crippen LogP contribution < -0.4 is 5.32 Å². The Kier molecular flexibility index (Phi) is 4.71. The molecule has 0 bridgehead atoms. The predicted octanol–water partition coefficient (Wildman–Crippen LogP) is 2.89. The van der Waals surface area contributed by atoms with Crippen LogP contribution in [0.3, 0.4) is 0 Å². The van der Waals surface area contributed by atoms with Crippen molar-refractivity contribution in [2.45, 2.75) is 19.4 Å². The van der Waals surface area contributed by atoms with E-state index >= 15 is 0 Å². The second-order valence-electron chi connectivity index (χ2n) is 6.23. The van der Waals surface area contributed by atoms with E-state index in [1.165, 1.54) is 13.4 Å². The van der Waals surface area contributed by atoms with Gasteiger partial charge in [0.25, 0.3) is 0 Å². The molecule has 0 amide bonds. The minimum atomic E-state index is -0.472. The molecule has 1 atom stereocenters. The first-order valence-corrected chi connectivity index (χ1v) is 8.69. The quantitative estimate of drug-likeness (QED) is 0.492. The molecule has 0 fully saturated rings. The number of anilines is 1. The van der Waals surface area contributed by atoms with Crippen LogP contribution in [0.5, 0.6) is 0 Å². The zero-order valence-electron chi connectivity index (χ0n) is 15.3. The van der Waals surface area contributed by atoms with Crippen molar-refractivity contribution in [3.8, 4) is 0 Å². The number of methoxy groups -OCH3 is 1. The summed E-state index contributed by atoms with van der Waals surface area (Å²) < 4.78 is 10.1. The van der Waals surface area contributed by atoms with Crippen LogP contribution in [-0.2, 0) is 11.2 Å². The number of carbonyl (C=O) groups is 1. The number of rotatable bonds is 6. The lowest BCUT2D eigenvalue weighted by molar-refractivity contribution is 0.0595. The standard InChI is InChI=1S/C19H18N6O3/c1-11(16-24-15(28-25-16)8-12-6-4-3-5-7-12)22-17-13-9-14(19(26)27-2)23-18(13)21-10-20-17/h3-7,9-11H,8H2,1-2H3,(H2,20,21,22,23). The molecule has 0 aliphatic rings. The van der Waals surface area contributed by atoms with E-state index in [1.54, 1.807) is 6.07 Å². The zero-order valence-corrected chi connectivity index (χ0v) is 15.3. The highest BCUT2D eigenvalue weighted by atomic mass is 16.5. The second-order valence-corrected chi connectivity index (χ2v) is 6.23. The highest BCUT2D eigenvalue weighted by Gasteiger charge is 2.18. The first-order chi connectivity index (χ1) is 13.6. The van der Waals surface area contributed by atoms with Gasteiger partial charge in [-0.1, -0.05) is 35.5 Å². The summed E-state index contributed by atoms with van der Waals surface area (Å²) in [7, 11) is 1.32. The molecule has 0 saturated heterocycles. The van der Waals surface area contributed by atoms with E-state index in [4.69, 9.17) is 9.26 Å².